The molecule has 0 aromatic carbocycles. The first-order valence-corrected chi connectivity index (χ1v) is 4.16. The van der Waals surface area contributed by atoms with Gasteiger partial charge in [-0.1, -0.05) is 0 Å². The number of ether oxygens (including phenoxy) is 2. The second-order valence-corrected chi connectivity index (χ2v) is 3.58. The van der Waals surface area contributed by atoms with Crippen molar-refractivity contribution in [3.8, 4) is 11.8 Å². The molecule has 0 aromatic heterocycles. The lowest BCUT2D eigenvalue weighted by atomic mass is 10.2. The van der Waals surface area contributed by atoms with Crippen molar-refractivity contribution in [1.29, 1.82) is 0 Å². The third-order valence-corrected chi connectivity index (χ3v) is 0.937. The van der Waals surface area contributed by atoms with Crippen molar-refractivity contribution in [1.82, 2.24) is 0 Å². The lowest BCUT2D eigenvalue weighted by Gasteiger charge is -2.16. The largest absolute Gasteiger partial charge is 0.453 e. The number of hydrogen-bond donors (Lipinski definition) is 0. The Morgan fingerprint density at radius 1 is 1.29 bits per heavy atom. The van der Waals surface area contributed by atoms with Crippen LogP contribution in [0.25, 0.3) is 0 Å². The van der Waals surface area contributed by atoms with E-state index in [0.717, 1.165) is 0 Å². The Hall–Kier alpha value is -1.50. The fraction of sp³-hybridized carbons (Fsp3) is 0.600. The molecule has 0 aliphatic carbocycles. The average Bonchev–Trinajstić information content (AvgIpc) is 1.94. The van der Waals surface area contributed by atoms with E-state index in [1.54, 1.807) is 20.8 Å². The van der Waals surface area contributed by atoms with Crippen LogP contribution in [0.5, 0.6) is 0 Å². The number of esters is 2. The number of hydrogen-bond acceptors (Lipinski definition) is 4. The molecule has 14 heavy (non-hydrogen) atoms. The Labute approximate surface area is 83.6 Å². The van der Waals surface area contributed by atoms with Gasteiger partial charge in [-0.2, -0.15) is 0 Å². The normalized spacial score (nSPS) is 9.71. The molecule has 0 saturated carbocycles. The van der Waals surface area contributed by atoms with E-state index in [0.29, 0.717) is 0 Å². The highest BCUT2D eigenvalue weighted by Crippen LogP contribution is 2.05. The second kappa shape index (κ2) is 5.28. The second-order valence-electron chi connectivity index (χ2n) is 3.58. The summed E-state index contributed by atoms with van der Waals surface area (Å²) in [6.45, 7) is 6.43. The minimum atomic E-state index is -0.621. The van der Waals surface area contributed by atoms with Crippen molar-refractivity contribution in [2.24, 2.45) is 0 Å². The Morgan fingerprint density at radius 2 is 1.86 bits per heavy atom. The average molecular weight is 198 g/mol. The molecule has 0 atom stereocenters. The minimum Gasteiger partial charge on any atom is -0.453 e. The summed E-state index contributed by atoms with van der Waals surface area (Å²) in [6.07, 6.45) is 0. The minimum absolute atomic E-state index is 0.0887. The van der Waals surface area contributed by atoms with Crippen molar-refractivity contribution in [3.05, 3.63) is 0 Å². The maximum absolute atomic E-state index is 11.0. The van der Waals surface area contributed by atoms with Crippen molar-refractivity contribution < 1.29 is 19.1 Å². The van der Waals surface area contributed by atoms with Gasteiger partial charge in [-0.25, -0.2) is 4.79 Å². The highest BCUT2D eigenvalue weighted by atomic mass is 16.6. The van der Waals surface area contributed by atoms with E-state index in [9.17, 15) is 9.59 Å². The molecule has 0 amide bonds. The van der Waals surface area contributed by atoms with Gasteiger partial charge in [-0.15, -0.1) is 0 Å². The molecule has 0 fully saturated rings. The predicted octanol–water partition coefficient (Wildman–Crippen LogP) is 0.895. The van der Waals surface area contributed by atoms with E-state index < -0.39 is 17.5 Å². The molecular weight excluding hydrogens is 184 g/mol. The fourth-order valence-corrected chi connectivity index (χ4v) is 0.550. The molecule has 0 heterocycles. The van der Waals surface area contributed by atoms with E-state index in [2.05, 4.69) is 16.6 Å². The van der Waals surface area contributed by atoms with E-state index in [1.807, 2.05) is 0 Å². The molecule has 4 heteroatoms. The van der Waals surface area contributed by atoms with Gasteiger partial charge in [-0.3, -0.25) is 4.79 Å². The van der Waals surface area contributed by atoms with E-state index in [-0.39, 0.29) is 6.61 Å². The van der Waals surface area contributed by atoms with Gasteiger partial charge in [0.15, 0.2) is 6.61 Å². The monoisotopic (exact) mass is 198 g/mol. The fourth-order valence-electron chi connectivity index (χ4n) is 0.550. The highest BCUT2D eigenvalue weighted by molar-refractivity contribution is 5.88. The van der Waals surface area contributed by atoms with Gasteiger partial charge in [0.2, 0.25) is 0 Å². The molecule has 0 rings (SSSR count). The van der Waals surface area contributed by atoms with Crippen LogP contribution < -0.4 is 0 Å². The van der Waals surface area contributed by atoms with Crippen LogP contribution in [0.15, 0.2) is 0 Å². The molecule has 4 nitrogen and oxygen atoms in total. The van der Waals surface area contributed by atoms with Gasteiger partial charge >= 0.3 is 11.9 Å². The van der Waals surface area contributed by atoms with Crippen molar-refractivity contribution in [3.63, 3.8) is 0 Å². The number of rotatable bonds is 1. The molecule has 0 saturated heterocycles. The van der Waals surface area contributed by atoms with Crippen LogP contribution in [-0.2, 0) is 19.1 Å². The maximum Gasteiger partial charge on any atom is 0.384 e. The van der Waals surface area contributed by atoms with Crippen LogP contribution in [-0.4, -0.2) is 24.1 Å². The molecule has 78 valence electrons. The van der Waals surface area contributed by atoms with Gasteiger partial charge in [0.05, 0.1) is 0 Å². The lowest BCUT2D eigenvalue weighted by molar-refractivity contribution is -0.147. The lowest BCUT2D eigenvalue weighted by Crippen LogP contribution is -2.22. The molecular formula is C10H14O4. The van der Waals surface area contributed by atoms with Crippen molar-refractivity contribution in [2.75, 3.05) is 6.61 Å². The summed E-state index contributed by atoms with van der Waals surface area (Å²) in [7, 11) is 0. The van der Waals surface area contributed by atoms with Gasteiger partial charge in [0.25, 0.3) is 0 Å². The summed E-state index contributed by atoms with van der Waals surface area (Å²) in [5.74, 6) is 3.53. The summed E-state index contributed by atoms with van der Waals surface area (Å²) in [4.78, 5) is 21.3. The molecule has 0 bridgehead atoms. The number of carbonyl (C=O) groups excluding carboxylic acids is 2. The Kier molecular flexibility index (Phi) is 4.71. The first-order chi connectivity index (χ1) is 6.31. The maximum atomic E-state index is 11.0. The predicted molar refractivity (Wildman–Crippen MR) is 50.3 cm³/mol. The topological polar surface area (TPSA) is 52.6 Å². The highest BCUT2D eigenvalue weighted by Gasteiger charge is 2.13. The summed E-state index contributed by atoms with van der Waals surface area (Å²) in [5, 5.41) is 0. The number of carbonyl (C=O) groups is 2. The molecule has 0 aromatic rings. The Bertz CT molecular complexity index is 275. The van der Waals surface area contributed by atoms with Crippen LogP contribution in [0.3, 0.4) is 0 Å². The third kappa shape index (κ3) is 8.60. The van der Waals surface area contributed by atoms with Crippen LogP contribution in [0.1, 0.15) is 27.7 Å². The molecule has 0 N–H and O–H groups in total. The van der Waals surface area contributed by atoms with Crippen molar-refractivity contribution >= 4 is 11.9 Å². The Balaban J connectivity index is 3.88. The molecule has 0 aliphatic rings. The van der Waals surface area contributed by atoms with Crippen LogP contribution >= 0.6 is 0 Å². The first kappa shape index (κ1) is 12.5. The molecule has 0 radical (unpaired) electrons. The van der Waals surface area contributed by atoms with Crippen LogP contribution in [0.4, 0.5) is 0 Å². The summed E-state index contributed by atoms with van der Waals surface area (Å²) in [5.41, 5.74) is -0.548. The standard InChI is InChI=1S/C10H14O4/c1-8(11)13-7-5-6-9(12)14-10(2,3)4/h7H2,1-4H3. The quantitative estimate of drug-likeness (QED) is 0.357. The zero-order valence-electron chi connectivity index (χ0n) is 8.84. The van der Waals surface area contributed by atoms with Crippen LogP contribution in [0, 0.1) is 11.8 Å². The third-order valence-electron chi connectivity index (χ3n) is 0.937. The van der Waals surface area contributed by atoms with Gasteiger partial charge in [-0.05, 0) is 26.7 Å². The van der Waals surface area contributed by atoms with Gasteiger partial charge < -0.3 is 9.47 Å². The summed E-state index contributed by atoms with van der Waals surface area (Å²) >= 11 is 0. The smallest absolute Gasteiger partial charge is 0.384 e. The Morgan fingerprint density at radius 3 is 2.29 bits per heavy atom. The van der Waals surface area contributed by atoms with Crippen LogP contribution in [0.2, 0.25) is 0 Å². The summed E-state index contributed by atoms with van der Waals surface area (Å²) < 4.78 is 9.39. The molecule has 0 unspecified atom stereocenters. The SMILES string of the molecule is CC(=O)OCC#CC(=O)OC(C)(C)C. The van der Waals surface area contributed by atoms with Gasteiger partial charge in [0.1, 0.15) is 5.60 Å². The first-order valence-electron chi connectivity index (χ1n) is 4.16. The zero-order valence-corrected chi connectivity index (χ0v) is 8.84. The van der Waals surface area contributed by atoms with E-state index in [1.165, 1.54) is 6.92 Å². The molecule has 0 aliphatic heterocycles. The van der Waals surface area contributed by atoms with E-state index in [4.69, 9.17) is 4.74 Å². The molecule has 0 spiro atoms. The summed E-state index contributed by atoms with van der Waals surface area (Å²) in [6, 6.07) is 0. The van der Waals surface area contributed by atoms with Gasteiger partial charge in [0, 0.05) is 12.8 Å². The van der Waals surface area contributed by atoms with E-state index >= 15 is 0 Å². The van der Waals surface area contributed by atoms with Crippen molar-refractivity contribution in [2.45, 2.75) is 33.3 Å². The zero-order chi connectivity index (χ0) is 11.2.